The Balaban J connectivity index is 1.65. The normalized spacial score (nSPS) is 20.8. The topological polar surface area (TPSA) is 75.5 Å². The van der Waals surface area contributed by atoms with Crippen LogP contribution in [0.4, 0.5) is 0 Å². The number of aliphatic hydroxyl groups is 1. The number of nitrogens with zero attached hydrogens (tertiary/aromatic N) is 3. The van der Waals surface area contributed by atoms with Crippen LogP contribution in [-0.2, 0) is 13.0 Å². The molecule has 2 atom stereocenters. The molecule has 6 nitrogen and oxygen atoms in total. The predicted molar refractivity (Wildman–Crippen MR) is 89.2 cm³/mol. The van der Waals surface area contributed by atoms with Gasteiger partial charge in [-0.25, -0.2) is 0 Å². The first kappa shape index (κ1) is 17.2. The minimum absolute atomic E-state index is 0.300. The summed E-state index contributed by atoms with van der Waals surface area (Å²) in [7, 11) is 0. The third-order valence-corrected chi connectivity index (χ3v) is 4.69. The molecule has 0 bridgehead atoms. The number of furan rings is 1. The summed E-state index contributed by atoms with van der Waals surface area (Å²) in [6.07, 6.45) is 8.25. The van der Waals surface area contributed by atoms with Crippen LogP contribution in [0.3, 0.4) is 0 Å². The molecule has 3 rings (SSSR count). The molecule has 0 unspecified atom stereocenters. The number of likely N-dealkylation sites (tertiary alicyclic amines) is 1. The van der Waals surface area contributed by atoms with Gasteiger partial charge in [-0.3, -0.25) is 4.90 Å². The van der Waals surface area contributed by atoms with Crippen LogP contribution in [0.25, 0.3) is 0 Å². The van der Waals surface area contributed by atoms with Gasteiger partial charge in [0.05, 0.1) is 12.8 Å². The third kappa shape index (κ3) is 4.45. The van der Waals surface area contributed by atoms with Gasteiger partial charge in [-0.1, -0.05) is 24.9 Å². The average molecular weight is 333 g/mol. The lowest BCUT2D eigenvalue weighted by molar-refractivity contribution is 0.0779. The molecule has 132 valence electrons. The molecule has 6 heteroatoms. The number of aliphatic hydroxyl groups excluding tert-OH is 1. The molecule has 2 aromatic heterocycles. The monoisotopic (exact) mass is 333 g/mol. The van der Waals surface area contributed by atoms with Crippen LogP contribution in [0.2, 0.25) is 0 Å². The number of aryl methyl sites for hydroxylation is 1. The largest absolute Gasteiger partial charge is 0.467 e. The highest BCUT2D eigenvalue weighted by atomic mass is 16.5. The molecule has 1 N–H and O–H groups in total. The van der Waals surface area contributed by atoms with Crippen molar-refractivity contribution >= 4 is 0 Å². The van der Waals surface area contributed by atoms with E-state index in [0.29, 0.717) is 30.7 Å². The zero-order valence-corrected chi connectivity index (χ0v) is 14.4. The smallest absolute Gasteiger partial charge is 0.240 e. The summed E-state index contributed by atoms with van der Waals surface area (Å²) in [4.78, 5) is 6.87. The molecule has 1 aliphatic heterocycles. The van der Waals surface area contributed by atoms with E-state index in [4.69, 9.17) is 8.94 Å². The Hall–Kier alpha value is -1.66. The first-order chi connectivity index (χ1) is 11.8. The lowest BCUT2D eigenvalue weighted by atomic mass is 10.0. The van der Waals surface area contributed by atoms with Crippen LogP contribution in [0.5, 0.6) is 0 Å². The molecule has 3 heterocycles. The maximum atomic E-state index is 10.4. The Morgan fingerprint density at radius 3 is 3.08 bits per heavy atom. The fourth-order valence-electron chi connectivity index (χ4n) is 3.42. The van der Waals surface area contributed by atoms with Crippen LogP contribution in [0.1, 0.15) is 69.0 Å². The van der Waals surface area contributed by atoms with Gasteiger partial charge in [-0.2, -0.15) is 4.98 Å². The molecular weight excluding hydrogens is 306 g/mol. The zero-order chi connectivity index (χ0) is 16.8. The van der Waals surface area contributed by atoms with Crippen molar-refractivity contribution in [1.29, 1.82) is 0 Å². The van der Waals surface area contributed by atoms with Crippen molar-refractivity contribution in [2.45, 2.75) is 70.6 Å². The zero-order valence-electron chi connectivity index (χ0n) is 14.4. The van der Waals surface area contributed by atoms with E-state index in [9.17, 15) is 5.11 Å². The summed E-state index contributed by atoms with van der Waals surface area (Å²) in [5.74, 6) is 2.11. The van der Waals surface area contributed by atoms with E-state index < -0.39 is 6.10 Å². The highest BCUT2D eigenvalue weighted by Crippen LogP contribution is 2.27. The van der Waals surface area contributed by atoms with Gasteiger partial charge in [0.1, 0.15) is 11.9 Å². The van der Waals surface area contributed by atoms with Gasteiger partial charge in [-0.15, -0.1) is 0 Å². The van der Waals surface area contributed by atoms with Crippen molar-refractivity contribution in [1.82, 2.24) is 15.0 Å². The van der Waals surface area contributed by atoms with Crippen molar-refractivity contribution < 1.29 is 14.0 Å². The fourth-order valence-corrected chi connectivity index (χ4v) is 3.42. The Kier molecular flexibility index (Phi) is 6.04. The van der Waals surface area contributed by atoms with Crippen LogP contribution in [-0.4, -0.2) is 32.7 Å². The molecule has 1 fully saturated rings. The van der Waals surface area contributed by atoms with Gasteiger partial charge >= 0.3 is 0 Å². The minimum Gasteiger partial charge on any atom is -0.467 e. The molecule has 1 saturated heterocycles. The lowest BCUT2D eigenvalue weighted by Crippen LogP contribution is -2.35. The summed E-state index contributed by atoms with van der Waals surface area (Å²) >= 11 is 0. The van der Waals surface area contributed by atoms with E-state index in [-0.39, 0.29) is 0 Å². The van der Waals surface area contributed by atoms with Crippen molar-refractivity contribution in [3.05, 3.63) is 35.9 Å². The van der Waals surface area contributed by atoms with Crippen LogP contribution >= 0.6 is 0 Å². The van der Waals surface area contributed by atoms with E-state index in [1.165, 1.54) is 19.3 Å². The van der Waals surface area contributed by atoms with Gasteiger partial charge in [-0.05, 0) is 44.4 Å². The highest BCUT2D eigenvalue weighted by molar-refractivity contribution is 5.02. The predicted octanol–water partition coefficient (Wildman–Crippen LogP) is 3.48. The first-order valence-corrected chi connectivity index (χ1v) is 9.03. The van der Waals surface area contributed by atoms with Gasteiger partial charge in [0.15, 0.2) is 5.82 Å². The second-order valence-electron chi connectivity index (χ2n) is 6.59. The summed E-state index contributed by atoms with van der Waals surface area (Å²) in [5, 5.41) is 14.5. The summed E-state index contributed by atoms with van der Waals surface area (Å²) < 4.78 is 10.7. The molecule has 1 aliphatic rings. The molecule has 0 aliphatic carbocycles. The second-order valence-corrected chi connectivity index (χ2v) is 6.59. The molecule has 0 saturated carbocycles. The van der Waals surface area contributed by atoms with Crippen molar-refractivity contribution in [2.24, 2.45) is 0 Å². The Bertz CT molecular complexity index is 596. The van der Waals surface area contributed by atoms with Gasteiger partial charge in [0.25, 0.3) is 0 Å². The summed E-state index contributed by atoms with van der Waals surface area (Å²) in [6.45, 7) is 3.77. The molecule has 2 aromatic rings. The molecule has 24 heavy (non-hydrogen) atoms. The SMILES string of the molecule is CCCc1noc(CN2CCCCC[C@@H]2C[C@@H](O)c2ccco2)n1. The van der Waals surface area contributed by atoms with Crippen LogP contribution < -0.4 is 0 Å². The van der Waals surface area contributed by atoms with Crippen LogP contribution in [0.15, 0.2) is 27.3 Å². The molecule has 0 aromatic carbocycles. The van der Waals surface area contributed by atoms with E-state index in [1.54, 1.807) is 6.26 Å². The Labute approximate surface area is 142 Å². The Morgan fingerprint density at radius 1 is 1.38 bits per heavy atom. The average Bonchev–Trinajstić information content (AvgIpc) is 3.20. The second kappa shape index (κ2) is 8.44. The maximum absolute atomic E-state index is 10.4. The van der Waals surface area contributed by atoms with Gasteiger partial charge < -0.3 is 14.0 Å². The number of aromatic nitrogens is 2. The Morgan fingerprint density at radius 2 is 2.29 bits per heavy atom. The van der Waals surface area contributed by atoms with E-state index >= 15 is 0 Å². The highest BCUT2D eigenvalue weighted by Gasteiger charge is 2.26. The van der Waals surface area contributed by atoms with Crippen molar-refractivity contribution in [3.63, 3.8) is 0 Å². The van der Waals surface area contributed by atoms with E-state index in [1.807, 2.05) is 12.1 Å². The molecular formula is C18H27N3O3. The third-order valence-electron chi connectivity index (χ3n) is 4.69. The number of hydrogen-bond acceptors (Lipinski definition) is 6. The summed E-state index contributed by atoms with van der Waals surface area (Å²) in [6, 6.07) is 3.95. The summed E-state index contributed by atoms with van der Waals surface area (Å²) in [5.41, 5.74) is 0. The minimum atomic E-state index is -0.566. The van der Waals surface area contributed by atoms with Crippen molar-refractivity contribution in [2.75, 3.05) is 6.54 Å². The van der Waals surface area contributed by atoms with Crippen molar-refractivity contribution in [3.8, 4) is 0 Å². The quantitative estimate of drug-likeness (QED) is 0.836. The van der Waals surface area contributed by atoms with Crippen LogP contribution in [0, 0.1) is 0 Å². The molecule has 0 amide bonds. The number of hydrogen-bond donors (Lipinski definition) is 1. The first-order valence-electron chi connectivity index (χ1n) is 9.03. The molecule has 0 radical (unpaired) electrons. The maximum Gasteiger partial charge on any atom is 0.240 e. The van der Waals surface area contributed by atoms with E-state index in [2.05, 4.69) is 22.0 Å². The fraction of sp³-hybridized carbons (Fsp3) is 0.667. The van der Waals surface area contributed by atoms with Gasteiger partial charge in [0, 0.05) is 12.5 Å². The number of rotatable bonds is 7. The molecule has 0 spiro atoms. The van der Waals surface area contributed by atoms with E-state index in [0.717, 1.165) is 31.6 Å². The van der Waals surface area contributed by atoms with Gasteiger partial charge in [0.2, 0.25) is 5.89 Å². The lowest BCUT2D eigenvalue weighted by Gasteiger charge is -2.29. The standard InChI is InChI=1S/C18H27N3O3/c1-2-7-17-19-18(24-20-17)13-21-10-5-3-4-8-14(21)12-15(22)16-9-6-11-23-16/h6,9,11,14-15,22H,2-5,7-8,10,12-13H2,1H3/t14-,15-/m1/s1.